The first-order valence-corrected chi connectivity index (χ1v) is 10.6. The Morgan fingerprint density at radius 2 is 1.79 bits per heavy atom. The smallest absolute Gasteiger partial charge is 0.410 e. The largest absolute Gasteiger partial charge is 0.480 e. The molecule has 1 saturated carbocycles. The summed E-state index contributed by atoms with van der Waals surface area (Å²) in [5.74, 6) is -1.60. The second-order valence-electron chi connectivity index (χ2n) is 7.37. The molecule has 2 atom stereocenters. The Balaban J connectivity index is 1.65. The quantitative estimate of drug-likeness (QED) is 0.721. The van der Waals surface area contributed by atoms with Gasteiger partial charge in [-0.15, -0.1) is 0 Å². The fraction of sp³-hybridized carbons (Fsp3) is 0.556. The van der Waals surface area contributed by atoms with Crippen molar-refractivity contribution in [1.29, 1.82) is 0 Å². The molecule has 0 radical (unpaired) electrons. The third kappa shape index (κ3) is 4.13. The van der Waals surface area contributed by atoms with Gasteiger partial charge in [0.2, 0.25) is 0 Å². The van der Waals surface area contributed by atoms with Crippen LogP contribution in [0.15, 0.2) is 30.3 Å². The third-order valence-electron chi connectivity index (χ3n) is 5.03. The molecule has 154 valence electrons. The molecule has 10 heteroatoms. The molecule has 1 aromatic carbocycles. The number of hydrogen-bond donors (Lipinski definition) is 2. The van der Waals surface area contributed by atoms with Gasteiger partial charge in [0.15, 0.2) is 0 Å². The van der Waals surface area contributed by atoms with Gasteiger partial charge in [-0.25, -0.2) is 4.79 Å². The van der Waals surface area contributed by atoms with E-state index in [0.717, 1.165) is 5.56 Å². The summed E-state index contributed by atoms with van der Waals surface area (Å²) in [5, 5.41) is 9.68. The zero-order valence-electron chi connectivity index (χ0n) is 15.9. The van der Waals surface area contributed by atoms with E-state index >= 15 is 0 Å². The molecule has 0 aromatic heterocycles. The van der Waals surface area contributed by atoms with Crippen molar-refractivity contribution in [2.45, 2.75) is 37.8 Å². The lowest BCUT2D eigenvalue weighted by Gasteiger charge is -2.34. The number of nitrogens with zero attached hydrogens (tertiary/aromatic N) is 2. The molecular formula is C18H25N3O6S. The summed E-state index contributed by atoms with van der Waals surface area (Å²) < 4.78 is 34.3. The number of nitrogens with one attached hydrogen (secondary N) is 1. The summed E-state index contributed by atoms with van der Waals surface area (Å²) in [6.45, 7) is 4.02. The first-order chi connectivity index (χ1) is 13.2. The maximum absolute atomic E-state index is 12.8. The second kappa shape index (κ2) is 7.69. The van der Waals surface area contributed by atoms with E-state index in [1.165, 1.54) is 9.21 Å². The molecular weight excluding hydrogens is 386 g/mol. The summed E-state index contributed by atoms with van der Waals surface area (Å²) in [7, 11) is -4.01. The van der Waals surface area contributed by atoms with Gasteiger partial charge >= 0.3 is 12.1 Å². The van der Waals surface area contributed by atoms with Crippen LogP contribution in [-0.4, -0.2) is 72.6 Å². The zero-order chi connectivity index (χ0) is 20.5. The van der Waals surface area contributed by atoms with Crippen molar-refractivity contribution < 1.29 is 27.9 Å². The highest BCUT2D eigenvalue weighted by molar-refractivity contribution is 7.87. The molecule has 1 saturated heterocycles. The van der Waals surface area contributed by atoms with Crippen molar-refractivity contribution in [3.05, 3.63) is 35.9 Å². The normalized spacial score (nSPS) is 25.5. The number of amides is 1. The van der Waals surface area contributed by atoms with Gasteiger partial charge in [-0.2, -0.15) is 17.4 Å². The van der Waals surface area contributed by atoms with E-state index in [2.05, 4.69) is 4.72 Å². The molecule has 0 unspecified atom stereocenters. The molecule has 0 bridgehead atoms. The van der Waals surface area contributed by atoms with Crippen LogP contribution in [0.3, 0.4) is 0 Å². The van der Waals surface area contributed by atoms with Gasteiger partial charge in [0.25, 0.3) is 10.2 Å². The predicted octanol–water partition coefficient (Wildman–Crippen LogP) is 0.994. The van der Waals surface area contributed by atoms with Crippen LogP contribution in [0.1, 0.15) is 31.7 Å². The van der Waals surface area contributed by atoms with E-state index in [1.54, 1.807) is 38.1 Å². The minimum absolute atomic E-state index is 0.0776. The molecule has 2 aliphatic rings. The van der Waals surface area contributed by atoms with Crippen LogP contribution in [0.4, 0.5) is 4.79 Å². The van der Waals surface area contributed by atoms with Crippen LogP contribution in [0.25, 0.3) is 0 Å². The molecule has 2 fully saturated rings. The number of carbonyl (C=O) groups excluding carboxylic acids is 1. The van der Waals surface area contributed by atoms with E-state index in [4.69, 9.17) is 4.74 Å². The SMILES string of the molecule is CC(C)OC(=O)N1CCN(S(=O)(=O)N[C@@]2(C(=O)O)C[C@H]2c2ccccc2)CC1. The number of piperazine rings is 1. The monoisotopic (exact) mass is 411 g/mol. The van der Waals surface area contributed by atoms with Gasteiger partial charge < -0.3 is 14.7 Å². The van der Waals surface area contributed by atoms with Crippen LogP contribution in [0, 0.1) is 0 Å². The first-order valence-electron chi connectivity index (χ1n) is 9.18. The maximum atomic E-state index is 12.8. The van der Waals surface area contributed by atoms with Crippen molar-refractivity contribution in [2.24, 2.45) is 0 Å². The second-order valence-corrected chi connectivity index (χ2v) is 9.04. The van der Waals surface area contributed by atoms with Crippen LogP contribution < -0.4 is 4.72 Å². The topological polar surface area (TPSA) is 116 Å². The summed E-state index contributed by atoms with van der Waals surface area (Å²) in [4.78, 5) is 25.2. The Bertz CT molecular complexity index is 836. The maximum Gasteiger partial charge on any atom is 0.410 e. The standard InChI is InChI=1S/C18H25N3O6S/c1-13(2)27-17(24)20-8-10-21(11-9-20)28(25,26)19-18(16(22)23)12-15(18)14-6-4-3-5-7-14/h3-7,13,15,19H,8-12H2,1-2H3,(H,22,23)/t15-,18-/m0/s1. The fourth-order valence-corrected chi connectivity index (χ4v) is 4.97. The average molecular weight is 411 g/mol. The number of carboxylic acid groups (broad SMARTS) is 1. The van der Waals surface area contributed by atoms with E-state index in [1.807, 2.05) is 6.07 Å². The minimum atomic E-state index is -4.01. The number of rotatable bonds is 6. The Kier molecular flexibility index (Phi) is 5.64. The van der Waals surface area contributed by atoms with Crippen LogP contribution in [0.2, 0.25) is 0 Å². The average Bonchev–Trinajstić information content (AvgIpc) is 3.37. The molecule has 1 aliphatic carbocycles. The molecule has 9 nitrogen and oxygen atoms in total. The molecule has 0 spiro atoms. The van der Waals surface area contributed by atoms with Crippen LogP contribution >= 0.6 is 0 Å². The van der Waals surface area contributed by atoms with Crippen LogP contribution in [-0.2, 0) is 19.7 Å². The van der Waals surface area contributed by atoms with E-state index in [-0.39, 0.29) is 38.7 Å². The van der Waals surface area contributed by atoms with E-state index < -0.39 is 33.7 Å². The summed E-state index contributed by atoms with van der Waals surface area (Å²) in [6.07, 6.45) is -0.531. The number of hydrogen-bond acceptors (Lipinski definition) is 5. The Morgan fingerprint density at radius 1 is 1.18 bits per heavy atom. The fourth-order valence-electron chi connectivity index (χ4n) is 3.43. The minimum Gasteiger partial charge on any atom is -0.480 e. The highest BCUT2D eigenvalue weighted by Gasteiger charge is 2.63. The van der Waals surface area contributed by atoms with Crippen molar-refractivity contribution in [1.82, 2.24) is 13.9 Å². The highest BCUT2D eigenvalue weighted by atomic mass is 32.2. The van der Waals surface area contributed by atoms with Crippen molar-refractivity contribution in [3.8, 4) is 0 Å². The summed E-state index contributed by atoms with van der Waals surface area (Å²) in [6, 6.07) is 9.00. The number of aliphatic carboxylic acids is 1. The summed E-state index contributed by atoms with van der Waals surface area (Å²) >= 11 is 0. The van der Waals surface area contributed by atoms with Gasteiger partial charge in [-0.3, -0.25) is 4.79 Å². The van der Waals surface area contributed by atoms with E-state index in [0.29, 0.717) is 0 Å². The molecule has 1 aromatic rings. The third-order valence-corrected chi connectivity index (χ3v) is 6.70. The first kappa shape index (κ1) is 20.6. The number of ether oxygens (including phenoxy) is 1. The lowest BCUT2D eigenvalue weighted by Crippen LogP contribution is -2.57. The van der Waals surface area contributed by atoms with Gasteiger partial charge in [-0.05, 0) is 25.8 Å². The van der Waals surface area contributed by atoms with Crippen molar-refractivity contribution in [2.75, 3.05) is 26.2 Å². The molecule has 2 N–H and O–H groups in total. The molecule has 1 amide bonds. The highest BCUT2D eigenvalue weighted by Crippen LogP contribution is 2.52. The lowest BCUT2D eigenvalue weighted by atomic mass is 10.1. The van der Waals surface area contributed by atoms with Crippen LogP contribution in [0.5, 0.6) is 0 Å². The number of benzene rings is 1. The van der Waals surface area contributed by atoms with Gasteiger partial charge in [0.1, 0.15) is 5.54 Å². The van der Waals surface area contributed by atoms with Gasteiger partial charge in [0.05, 0.1) is 6.10 Å². The summed E-state index contributed by atoms with van der Waals surface area (Å²) in [5.41, 5.74) is -0.748. The van der Waals surface area contributed by atoms with Crippen molar-refractivity contribution in [3.63, 3.8) is 0 Å². The number of carboxylic acids is 1. The zero-order valence-corrected chi connectivity index (χ0v) is 16.7. The van der Waals surface area contributed by atoms with E-state index in [9.17, 15) is 23.1 Å². The molecule has 3 rings (SSSR count). The molecule has 1 heterocycles. The Morgan fingerprint density at radius 3 is 2.32 bits per heavy atom. The Hall–Kier alpha value is -2.17. The predicted molar refractivity (Wildman–Crippen MR) is 101 cm³/mol. The molecule has 28 heavy (non-hydrogen) atoms. The molecule has 1 aliphatic heterocycles. The van der Waals surface area contributed by atoms with Crippen molar-refractivity contribution >= 4 is 22.3 Å². The van der Waals surface area contributed by atoms with Gasteiger partial charge in [0, 0.05) is 32.1 Å². The lowest BCUT2D eigenvalue weighted by molar-refractivity contribution is -0.140. The number of carbonyl (C=O) groups is 2. The van der Waals surface area contributed by atoms with Gasteiger partial charge in [-0.1, -0.05) is 30.3 Å². The Labute approximate surface area is 164 Å².